The molecule has 2 N–H and O–H groups in total. The fraction of sp³-hybridized carbons (Fsp3) is 0.316. The molecule has 3 rings (SSSR count). The van der Waals surface area contributed by atoms with Gasteiger partial charge in [0, 0.05) is 4.88 Å². The van der Waals surface area contributed by atoms with Gasteiger partial charge in [0.1, 0.15) is 12.1 Å². The molecule has 1 aliphatic heterocycles. The third-order valence-corrected chi connectivity index (χ3v) is 5.23. The van der Waals surface area contributed by atoms with Gasteiger partial charge in [-0.1, -0.05) is 35.9 Å². The summed E-state index contributed by atoms with van der Waals surface area (Å²) in [5.41, 5.74) is 1.09. The molecule has 0 spiro atoms. The van der Waals surface area contributed by atoms with Crippen molar-refractivity contribution in [3.05, 3.63) is 57.8 Å². The quantitative estimate of drug-likeness (QED) is 0.793. The summed E-state index contributed by atoms with van der Waals surface area (Å²) in [5, 5.41) is 7.47. The van der Waals surface area contributed by atoms with Crippen LogP contribution in [0.25, 0.3) is 0 Å². The largest absolute Gasteiger partial charge is 0.343 e. The lowest BCUT2D eigenvalue weighted by Gasteiger charge is -2.20. The summed E-state index contributed by atoms with van der Waals surface area (Å²) in [6, 6.07) is 10.9. The molecule has 1 saturated heterocycles. The van der Waals surface area contributed by atoms with Crippen LogP contribution < -0.4 is 10.6 Å². The number of carbonyl (C=O) groups excluding carboxylic acids is 3. The zero-order valence-electron chi connectivity index (χ0n) is 14.9. The summed E-state index contributed by atoms with van der Waals surface area (Å²) in [6.45, 7) is 4.93. The highest BCUT2D eigenvalue weighted by Gasteiger charge is 2.45. The SMILES string of the molecule is Cc1ccc([C@@H](NC(=O)CN2C(=O)NC(C)(C)C2=O)c2cccs2)cc1. The lowest BCUT2D eigenvalue weighted by molar-refractivity contribution is -0.134. The van der Waals surface area contributed by atoms with Gasteiger partial charge in [-0.2, -0.15) is 0 Å². The highest BCUT2D eigenvalue weighted by molar-refractivity contribution is 7.10. The lowest BCUT2D eigenvalue weighted by atomic mass is 10.0. The molecule has 0 bridgehead atoms. The fourth-order valence-electron chi connectivity index (χ4n) is 2.84. The average molecular weight is 371 g/mol. The van der Waals surface area contributed by atoms with Crippen molar-refractivity contribution in [2.24, 2.45) is 0 Å². The van der Waals surface area contributed by atoms with Crippen LogP contribution in [-0.4, -0.2) is 34.8 Å². The monoisotopic (exact) mass is 371 g/mol. The fourth-order valence-corrected chi connectivity index (χ4v) is 3.65. The molecule has 1 aromatic carbocycles. The number of aryl methyl sites for hydroxylation is 1. The highest BCUT2D eigenvalue weighted by Crippen LogP contribution is 2.26. The molecule has 1 aliphatic rings. The van der Waals surface area contributed by atoms with Crippen molar-refractivity contribution in [2.45, 2.75) is 32.4 Å². The van der Waals surface area contributed by atoms with Crippen molar-refractivity contribution in [1.29, 1.82) is 0 Å². The summed E-state index contributed by atoms with van der Waals surface area (Å²) in [7, 11) is 0. The molecule has 4 amide bonds. The zero-order chi connectivity index (χ0) is 18.9. The van der Waals surface area contributed by atoms with Gasteiger partial charge in [0.15, 0.2) is 0 Å². The van der Waals surface area contributed by atoms with Crippen molar-refractivity contribution >= 4 is 29.2 Å². The van der Waals surface area contributed by atoms with Crippen molar-refractivity contribution in [3.63, 3.8) is 0 Å². The number of rotatable bonds is 5. The van der Waals surface area contributed by atoms with E-state index in [4.69, 9.17) is 0 Å². The Bertz CT molecular complexity index is 828. The number of nitrogens with zero attached hydrogens (tertiary/aromatic N) is 1. The number of amides is 4. The Morgan fingerprint density at radius 2 is 1.92 bits per heavy atom. The molecule has 1 aromatic heterocycles. The van der Waals surface area contributed by atoms with Gasteiger partial charge in [-0.25, -0.2) is 4.79 Å². The van der Waals surface area contributed by atoms with Crippen LogP contribution in [0.4, 0.5) is 4.79 Å². The van der Waals surface area contributed by atoms with E-state index < -0.39 is 17.5 Å². The standard InChI is InChI=1S/C19H21N3O3S/c1-12-6-8-13(9-7-12)16(14-5-4-10-26-14)20-15(23)11-22-17(24)19(2,3)21-18(22)25/h4-10,16H,11H2,1-3H3,(H,20,23)(H,21,25)/t16-/m1/s1. The first-order chi connectivity index (χ1) is 12.3. The van der Waals surface area contributed by atoms with E-state index in [0.717, 1.165) is 20.9 Å². The Kier molecular flexibility index (Phi) is 4.82. The Balaban J connectivity index is 1.77. The molecule has 6 nitrogen and oxygen atoms in total. The van der Waals surface area contributed by atoms with E-state index in [-0.39, 0.29) is 18.5 Å². The van der Waals surface area contributed by atoms with Gasteiger partial charge in [-0.3, -0.25) is 14.5 Å². The molecular weight excluding hydrogens is 350 g/mol. The van der Waals surface area contributed by atoms with Gasteiger partial charge in [0.05, 0.1) is 6.04 Å². The van der Waals surface area contributed by atoms with Gasteiger partial charge in [0.2, 0.25) is 5.91 Å². The van der Waals surface area contributed by atoms with Gasteiger partial charge < -0.3 is 10.6 Å². The topological polar surface area (TPSA) is 78.5 Å². The molecule has 7 heteroatoms. The summed E-state index contributed by atoms with van der Waals surface area (Å²) in [4.78, 5) is 38.7. The molecule has 1 atom stereocenters. The van der Waals surface area contributed by atoms with Crippen LogP contribution in [0.5, 0.6) is 0 Å². The van der Waals surface area contributed by atoms with E-state index in [1.807, 2.05) is 48.7 Å². The maximum Gasteiger partial charge on any atom is 0.325 e. The number of nitrogens with one attached hydrogen (secondary N) is 2. The second-order valence-corrected chi connectivity index (χ2v) is 7.85. The minimum absolute atomic E-state index is 0.304. The Hall–Kier alpha value is -2.67. The minimum Gasteiger partial charge on any atom is -0.343 e. The number of thiophene rings is 1. The summed E-state index contributed by atoms with van der Waals surface area (Å²) in [5.74, 6) is -0.786. The van der Waals surface area contributed by atoms with Crippen LogP contribution in [0, 0.1) is 6.92 Å². The first kappa shape index (κ1) is 18.1. The summed E-state index contributed by atoms with van der Waals surface area (Å²) < 4.78 is 0. The molecule has 136 valence electrons. The second-order valence-electron chi connectivity index (χ2n) is 6.87. The first-order valence-corrected chi connectivity index (χ1v) is 9.19. The van der Waals surface area contributed by atoms with Crippen molar-refractivity contribution in [1.82, 2.24) is 15.5 Å². The zero-order valence-corrected chi connectivity index (χ0v) is 15.7. The maximum absolute atomic E-state index is 12.6. The summed E-state index contributed by atoms with van der Waals surface area (Å²) >= 11 is 1.54. The predicted molar refractivity (Wildman–Crippen MR) is 99.8 cm³/mol. The van der Waals surface area contributed by atoms with Crippen LogP contribution in [0.15, 0.2) is 41.8 Å². The maximum atomic E-state index is 12.6. The molecule has 2 aromatic rings. The Morgan fingerprint density at radius 3 is 2.46 bits per heavy atom. The molecule has 0 saturated carbocycles. The van der Waals surface area contributed by atoms with E-state index in [9.17, 15) is 14.4 Å². The van der Waals surface area contributed by atoms with Crippen LogP contribution >= 0.6 is 11.3 Å². The third kappa shape index (κ3) is 3.62. The Labute approximate surface area is 156 Å². The third-order valence-electron chi connectivity index (χ3n) is 4.29. The summed E-state index contributed by atoms with van der Waals surface area (Å²) in [6.07, 6.45) is 0. The van der Waals surface area contributed by atoms with Crippen molar-refractivity contribution < 1.29 is 14.4 Å². The number of imide groups is 1. The number of carbonyl (C=O) groups is 3. The van der Waals surface area contributed by atoms with E-state index in [1.54, 1.807) is 25.2 Å². The second kappa shape index (κ2) is 6.92. The molecule has 2 heterocycles. The Morgan fingerprint density at radius 1 is 1.23 bits per heavy atom. The molecule has 1 fully saturated rings. The number of hydrogen-bond acceptors (Lipinski definition) is 4. The van der Waals surface area contributed by atoms with Crippen molar-refractivity contribution in [3.8, 4) is 0 Å². The van der Waals surface area contributed by atoms with E-state index in [1.165, 1.54) is 0 Å². The lowest BCUT2D eigenvalue weighted by Crippen LogP contribution is -2.43. The van der Waals surface area contributed by atoms with Crippen LogP contribution in [0.2, 0.25) is 0 Å². The highest BCUT2D eigenvalue weighted by atomic mass is 32.1. The smallest absolute Gasteiger partial charge is 0.325 e. The first-order valence-electron chi connectivity index (χ1n) is 8.31. The number of urea groups is 1. The van der Waals surface area contributed by atoms with Gasteiger partial charge in [-0.05, 0) is 37.8 Å². The molecule has 0 unspecified atom stereocenters. The normalized spacial score (nSPS) is 17.1. The van der Waals surface area contributed by atoms with E-state index >= 15 is 0 Å². The molecule has 26 heavy (non-hydrogen) atoms. The van der Waals surface area contributed by atoms with Crippen LogP contribution in [0.1, 0.15) is 35.9 Å². The van der Waals surface area contributed by atoms with Crippen LogP contribution in [-0.2, 0) is 9.59 Å². The predicted octanol–water partition coefficient (Wildman–Crippen LogP) is 2.59. The van der Waals surface area contributed by atoms with Gasteiger partial charge in [0.25, 0.3) is 5.91 Å². The molecule has 0 radical (unpaired) electrons. The van der Waals surface area contributed by atoms with Crippen molar-refractivity contribution in [2.75, 3.05) is 6.54 Å². The van der Waals surface area contributed by atoms with Crippen LogP contribution in [0.3, 0.4) is 0 Å². The molecular formula is C19H21N3O3S. The number of hydrogen-bond donors (Lipinski definition) is 2. The van der Waals surface area contributed by atoms with Gasteiger partial charge >= 0.3 is 6.03 Å². The number of benzene rings is 1. The van der Waals surface area contributed by atoms with E-state index in [0.29, 0.717) is 0 Å². The average Bonchev–Trinajstić information content (AvgIpc) is 3.17. The van der Waals surface area contributed by atoms with Gasteiger partial charge in [-0.15, -0.1) is 11.3 Å². The molecule has 0 aliphatic carbocycles. The van der Waals surface area contributed by atoms with E-state index in [2.05, 4.69) is 10.6 Å². The minimum atomic E-state index is -0.985.